The first-order valence-electron chi connectivity index (χ1n) is 9.65. The third-order valence-electron chi connectivity index (χ3n) is 4.82. The van der Waals surface area contributed by atoms with Crippen molar-refractivity contribution < 1.29 is 24.8 Å². The van der Waals surface area contributed by atoms with Crippen LogP contribution in [0.4, 0.5) is 0 Å². The van der Waals surface area contributed by atoms with E-state index in [0.717, 1.165) is 37.3 Å². The van der Waals surface area contributed by atoms with Crippen molar-refractivity contribution in [1.29, 1.82) is 0 Å². The van der Waals surface area contributed by atoms with Crippen molar-refractivity contribution in [2.75, 3.05) is 13.1 Å². The third kappa shape index (κ3) is 8.71. The molecule has 0 amide bonds. The molecule has 0 fully saturated rings. The predicted molar refractivity (Wildman–Crippen MR) is 127 cm³/mol. The molecule has 4 rings (SSSR count). The van der Waals surface area contributed by atoms with Gasteiger partial charge in [-0.2, -0.15) is 0 Å². The number of allylic oxidation sites excluding steroid dienone is 6. The molecule has 4 heterocycles. The van der Waals surface area contributed by atoms with E-state index in [4.69, 9.17) is 0 Å². The lowest BCUT2D eigenvalue weighted by molar-refractivity contribution is -0.001000. The van der Waals surface area contributed by atoms with Crippen molar-refractivity contribution in [1.82, 2.24) is 19.8 Å². The molecular weight excluding hydrogens is 486 g/mol. The van der Waals surface area contributed by atoms with Gasteiger partial charge < -0.3 is 34.6 Å². The lowest BCUT2D eigenvalue weighted by atomic mass is 10.0. The van der Waals surface area contributed by atoms with Crippen LogP contribution in [0.25, 0.3) is 0 Å². The van der Waals surface area contributed by atoms with E-state index in [1.807, 2.05) is 36.7 Å². The lowest BCUT2D eigenvalue weighted by Gasteiger charge is -2.21. The van der Waals surface area contributed by atoms with Crippen LogP contribution in [0.5, 0.6) is 0 Å². The van der Waals surface area contributed by atoms with Crippen molar-refractivity contribution in [2.24, 2.45) is 0 Å². The summed E-state index contributed by atoms with van der Waals surface area (Å²) in [7, 11) is 0. The van der Waals surface area contributed by atoms with Crippen molar-refractivity contribution in [3.05, 3.63) is 120 Å². The smallest absolute Gasteiger partial charge is 0.0421 e. The maximum Gasteiger partial charge on any atom is 0.0421 e. The quantitative estimate of drug-likeness (QED) is 0.503. The summed E-state index contributed by atoms with van der Waals surface area (Å²) in [5.74, 6) is 0. The third-order valence-corrected chi connectivity index (χ3v) is 4.82. The summed E-state index contributed by atoms with van der Waals surface area (Å²) in [5, 5.41) is 0. The van der Waals surface area contributed by atoms with E-state index >= 15 is 0 Å². The predicted octanol–water partition coefficient (Wildman–Crippen LogP) is -0.904. The molecule has 8 heteroatoms. The van der Waals surface area contributed by atoms with Crippen LogP contribution in [0, 0.1) is 0 Å². The van der Waals surface area contributed by atoms with Gasteiger partial charge in [0, 0.05) is 74.5 Å². The maximum absolute atomic E-state index is 4.38. The molecule has 0 aromatic carbocycles. The summed E-state index contributed by atoms with van der Waals surface area (Å²) in [5.41, 5.74) is 4.70. The lowest BCUT2D eigenvalue weighted by Crippen LogP contribution is -3.00. The number of aromatic nitrogens is 2. The van der Waals surface area contributed by atoms with Gasteiger partial charge in [0.1, 0.15) is 0 Å². The number of rotatable bonds is 6. The number of hydrogen-bond acceptors (Lipinski definition) is 4. The average Bonchev–Trinajstić information content (AvgIpc) is 2.78. The molecule has 2 aromatic heterocycles. The largest absolute Gasteiger partial charge is 1.00 e. The van der Waals surface area contributed by atoms with Gasteiger partial charge in [-0.3, -0.25) is 9.97 Å². The average molecular weight is 512 g/mol. The molecule has 0 saturated carbocycles. The Hall–Kier alpha value is -2.24. The Morgan fingerprint density at radius 1 is 0.562 bits per heavy atom. The first kappa shape index (κ1) is 29.8. The zero-order valence-corrected chi connectivity index (χ0v) is 20.6. The fraction of sp³-hybridized carbons (Fsp3) is 0.167. The Morgan fingerprint density at radius 2 is 0.938 bits per heavy atom. The van der Waals surface area contributed by atoms with Crippen LogP contribution in [-0.2, 0) is 12.8 Å². The molecule has 172 valence electrons. The monoisotopic (exact) mass is 510 g/mol. The summed E-state index contributed by atoms with van der Waals surface area (Å²) >= 11 is 0. The Labute approximate surface area is 215 Å². The van der Waals surface area contributed by atoms with E-state index < -0.39 is 0 Å². The van der Waals surface area contributed by atoms with E-state index in [1.54, 1.807) is 0 Å². The second-order valence-corrected chi connectivity index (χ2v) is 6.79. The van der Waals surface area contributed by atoms with Crippen LogP contribution in [0.1, 0.15) is 11.4 Å². The van der Waals surface area contributed by atoms with Gasteiger partial charge in [0.15, 0.2) is 0 Å². The molecule has 0 bridgehead atoms. The van der Waals surface area contributed by atoms with Crippen molar-refractivity contribution in [3.63, 3.8) is 0 Å². The van der Waals surface area contributed by atoms with Gasteiger partial charge in [0.05, 0.1) is 0 Å². The van der Waals surface area contributed by atoms with E-state index in [2.05, 4.69) is 81.0 Å². The zero-order valence-electron chi connectivity index (χ0n) is 17.4. The molecule has 0 saturated heterocycles. The minimum atomic E-state index is 0. The SMILES string of the molecule is C1=CN(CCc2ccccn2)C=CC1=C1C=CN(CCc2ccccn2)C=C1.Cl.Cl.[Cl-].[Cl-]. The molecule has 0 spiro atoms. The normalized spacial score (nSPS) is 13.6. The molecule has 0 unspecified atom stereocenters. The fourth-order valence-corrected chi connectivity index (χ4v) is 3.18. The van der Waals surface area contributed by atoms with Gasteiger partial charge >= 0.3 is 0 Å². The number of halogens is 4. The molecule has 32 heavy (non-hydrogen) atoms. The number of nitrogens with zero attached hydrogens (tertiary/aromatic N) is 4. The van der Waals surface area contributed by atoms with Gasteiger partial charge in [-0.25, -0.2) is 0 Å². The summed E-state index contributed by atoms with van der Waals surface area (Å²) in [4.78, 5) is 13.2. The minimum absolute atomic E-state index is 0. The van der Waals surface area contributed by atoms with Crippen LogP contribution in [0.3, 0.4) is 0 Å². The first-order chi connectivity index (χ1) is 13.9. The number of hydrogen-bond donors (Lipinski definition) is 0. The molecular formula is C24H26Cl4N4-2. The van der Waals surface area contributed by atoms with Crippen LogP contribution in [-0.4, -0.2) is 32.9 Å². The first-order valence-corrected chi connectivity index (χ1v) is 9.65. The topological polar surface area (TPSA) is 32.3 Å². The van der Waals surface area contributed by atoms with E-state index in [9.17, 15) is 0 Å². The second-order valence-electron chi connectivity index (χ2n) is 6.79. The standard InChI is InChI=1S/C24H24N4.4ClH/c1-3-13-25-23(5-1)11-19-27-15-7-21(8-16-27)22-9-17-28(18-10-22)20-12-24-6-2-4-14-26-24;;;;/h1-10,13-18H,11-12,19-20H2;4*1H/p-2. The van der Waals surface area contributed by atoms with E-state index in [-0.39, 0.29) is 49.6 Å². The second kappa shape index (κ2) is 15.5. The fourth-order valence-electron chi connectivity index (χ4n) is 3.18. The summed E-state index contributed by atoms with van der Waals surface area (Å²) in [6, 6.07) is 12.1. The van der Waals surface area contributed by atoms with Crippen LogP contribution >= 0.6 is 24.8 Å². The highest BCUT2D eigenvalue weighted by Gasteiger charge is 2.07. The van der Waals surface area contributed by atoms with E-state index in [0.29, 0.717) is 0 Å². The highest BCUT2D eigenvalue weighted by molar-refractivity contribution is 5.85. The molecule has 0 atom stereocenters. The van der Waals surface area contributed by atoms with Gasteiger partial charge in [-0.05, 0) is 59.7 Å². The molecule has 2 aliphatic rings. The molecule has 4 nitrogen and oxygen atoms in total. The van der Waals surface area contributed by atoms with Crippen LogP contribution in [0.2, 0.25) is 0 Å². The highest BCUT2D eigenvalue weighted by Crippen LogP contribution is 2.19. The van der Waals surface area contributed by atoms with Crippen molar-refractivity contribution in [2.45, 2.75) is 12.8 Å². The summed E-state index contributed by atoms with van der Waals surface area (Å²) in [6.45, 7) is 1.86. The minimum Gasteiger partial charge on any atom is -1.00 e. The molecule has 2 aliphatic heterocycles. The van der Waals surface area contributed by atoms with Crippen LogP contribution < -0.4 is 24.8 Å². The Morgan fingerprint density at radius 3 is 1.25 bits per heavy atom. The number of pyridine rings is 2. The van der Waals surface area contributed by atoms with Crippen LogP contribution in [0.15, 0.2) is 109 Å². The summed E-state index contributed by atoms with van der Waals surface area (Å²) in [6.07, 6.45) is 22.8. The molecule has 2 aromatic rings. The van der Waals surface area contributed by atoms with Gasteiger partial charge in [-0.1, -0.05) is 12.1 Å². The highest BCUT2D eigenvalue weighted by atomic mass is 35.5. The zero-order chi connectivity index (χ0) is 19.0. The maximum atomic E-state index is 4.38. The molecule has 0 radical (unpaired) electrons. The molecule has 0 aliphatic carbocycles. The van der Waals surface area contributed by atoms with E-state index in [1.165, 1.54) is 11.1 Å². The van der Waals surface area contributed by atoms with Crippen molar-refractivity contribution >= 4 is 24.8 Å². The summed E-state index contributed by atoms with van der Waals surface area (Å²) < 4.78 is 0. The van der Waals surface area contributed by atoms with Gasteiger partial charge in [0.25, 0.3) is 0 Å². The Balaban J connectivity index is 0.00000240. The van der Waals surface area contributed by atoms with Gasteiger partial charge in [-0.15, -0.1) is 24.8 Å². The van der Waals surface area contributed by atoms with Gasteiger partial charge in [0.2, 0.25) is 0 Å². The Bertz CT molecular complexity index is 831. The Kier molecular flexibility index (Phi) is 14.5. The van der Waals surface area contributed by atoms with Crippen molar-refractivity contribution in [3.8, 4) is 0 Å². The molecule has 0 N–H and O–H groups in total.